The number of anilines is 1. The zero-order valence-electron chi connectivity index (χ0n) is 66.6. The first-order valence-electron chi connectivity index (χ1n) is 39.2. The van der Waals surface area contributed by atoms with Crippen LogP contribution in [0.15, 0.2) is 120 Å². The van der Waals surface area contributed by atoms with E-state index in [0.29, 0.717) is 54.6 Å². The number of nitrogens with one attached hydrogen (secondary N) is 8. The number of rotatable bonds is 43. The van der Waals surface area contributed by atoms with Gasteiger partial charge in [-0.05, 0) is 175 Å². The van der Waals surface area contributed by atoms with E-state index < -0.39 is 120 Å². The number of nitrogens with two attached hydrogens (primary N) is 2. The number of esters is 2. The predicted octanol–water partition coefficient (Wildman–Crippen LogP) is 6.66. The number of fused-ring (bicyclic) bond motifs is 2. The minimum absolute atomic E-state index is 0.0533. The van der Waals surface area contributed by atoms with Crippen LogP contribution < -0.4 is 54.0 Å². The maximum absolute atomic E-state index is 14.1. The number of carbonyl (C=O) groups excluding carboxylic acids is 10. The fourth-order valence-corrected chi connectivity index (χ4v) is 14.2. The molecule has 0 spiro atoms. The van der Waals surface area contributed by atoms with Crippen molar-refractivity contribution in [3.8, 4) is 5.69 Å². The first-order chi connectivity index (χ1) is 54.9. The van der Waals surface area contributed by atoms with E-state index in [1.165, 1.54) is 6.08 Å². The Morgan fingerprint density at radius 1 is 0.748 bits per heavy atom. The van der Waals surface area contributed by atoms with E-state index >= 15 is 0 Å². The topological polar surface area (TPSA) is 491 Å². The number of primary amides is 2. The number of aromatic nitrogens is 3. The minimum atomic E-state index is -1.46. The lowest BCUT2D eigenvalue weighted by Crippen LogP contribution is -2.54. The second kappa shape index (κ2) is 45.7. The Morgan fingerprint density at radius 3 is 2.08 bits per heavy atom. The molecule has 626 valence electrons. The number of hydrogen-bond donors (Lipinski definition) is 13. The molecule has 9 amide bonds. The molecule has 2 fully saturated rings. The summed E-state index contributed by atoms with van der Waals surface area (Å²) in [4.78, 5) is 152. The van der Waals surface area contributed by atoms with Crippen molar-refractivity contribution < 1.29 is 96.5 Å². The lowest BCUT2D eigenvalue weighted by atomic mass is 9.87. The molecule has 33 nitrogen and oxygen atoms in total. The van der Waals surface area contributed by atoms with Crippen LogP contribution in [0.3, 0.4) is 0 Å². The number of unbranched alkanes of at least 4 members (excludes halogenated alkanes) is 1. The highest BCUT2D eigenvalue weighted by Gasteiger charge is 2.51. The largest absolute Gasteiger partial charge is 0.480 e. The van der Waals surface area contributed by atoms with E-state index in [2.05, 4.69) is 65.8 Å². The summed E-state index contributed by atoms with van der Waals surface area (Å²) in [6, 6.07) is 5.76. The van der Waals surface area contributed by atoms with Crippen LogP contribution >= 0.6 is 0 Å². The molecule has 1 saturated carbocycles. The molecule has 115 heavy (non-hydrogen) atoms. The molecule has 2 aromatic carbocycles. The van der Waals surface area contributed by atoms with E-state index in [1.54, 1.807) is 67.1 Å². The molecule has 33 heteroatoms. The number of carboxylic acid groups (broad SMARTS) is 2. The Bertz CT molecular complexity index is 4040. The molecule has 1 aromatic heterocycles. The maximum atomic E-state index is 14.1. The number of aryl methyl sites for hydroxylation is 1. The van der Waals surface area contributed by atoms with Crippen LogP contribution in [-0.2, 0) is 81.5 Å². The summed E-state index contributed by atoms with van der Waals surface area (Å²) in [6.07, 6.45) is 19.5. The number of benzene rings is 2. The van der Waals surface area contributed by atoms with Crippen LogP contribution in [0.5, 0.6) is 0 Å². The lowest BCUT2D eigenvalue weighted by Gasteiger charge is -2.39. The Kier molecular flexibility index (Phi) is 36.2. The average molecular weight is 1600 g/mol. The van der Waals surface area contributed by atoms with Crippen molar-refractivity contribution in [2.45, 2.75) is 218 Å². The molecule has 1 saturated heterocycles. The molecule has 0 bridgehead atoms. The Morgan fingerprint density at radius 2 is 1.42 bits per heavy atom. The van der Waals surface area contributed by atoms with Gasteiger partial charge in [-0.3, -0.25) is 38.9 Å². The number of amides is 9. The number of hydrogen-bond acceptors (Lipinski definition) is 21. The molecule has 2 aliphatic carbocycles. The van der Waals surface area contributed by atoms with Crippen molar-refractivity contribution >= 4 is 77.3 Å². The summed E-state index contributed by atoms with van der Waals surface area (Å²) in [5.74, 6) is -6.84. The van der Waals surface area contributed by atoms with Crippen LogP contribution in [0.4, 0.5) is 20.1 Å². The summed E-state index contributed by atoms with van der Waals surface area (Å²) < 4.78 is 30.0. The molecule has 3 aromatic rings. The molecule has 0 unspecified atom stereocenters. The van der Waals surface area contributed by atoms with Gasteiger partial charge in [0.15, 0.2) is 0 Å². The first-order valence-corrected chi connectivity index (χ1v) is 39.2. The van der Waals surface area contributed by atoms with Gasteiger partial charge in [-0.15, -0.1) is 5.10 Å². The second-order valence-corrected chi connectivity index (χ2v) is 30.1. The Labute approximate surface area is 669 Å². The number of allylic oxidation sites excluding steroid dienone is 7. The zero-order valence-corrected chi connectivity index (χ0v) is 66.6. The van der Waals surface area contributed by atoms with E-state index in [-0.39, 0.29) is 125 Å². The van der Waals surface area contributed by atoms with Crippen molar-refractivity contribution in [2.24, 2.45) is 47.0 Å². The van der Waals surface area contributed by atoms with Gasteiger partial charge < -0.3 is 87.7 Å². The number of urea groups is 1. The number of carboxylic acids is 2. The van der Waals surface area contributed by atoms with Crippen LogP contribution in [-0.4, -0.2) is 189 Å². The number of aliphatic carboxylic acids is 2. The fourth-order valence-electron chi connectivity index (χ4n) is 14.2. The van der Waals surface area contributed by atoms with E-state index in [1.807, 2.05) is 76.3 Å². The number of aliphatic hydroxyl groups is 1. The summed E-state index contributed by atoms with van der Waals surface area (Å²) in [5.41, 5.74) is 16.2. The van der Waals surface area contributed by atoms with Crippen LogP contribution in [0.25, 0.3) is 5.69 Å². The predicted molar refractivity (Wildman–Crippen MR) is 423 cm³/mol. The number of nitrogens with zero attached hydrogens (tertiary/aromatic N) is 3. The maximum Gasteiger partial charge on any atom is 0.408 e. The number of cyclic esters (lactones) is 1. The number of aliphatic hydroxyl groups excluding tert-OH is 1. The van der Waals surface area contributed by atoms with Gasteiger partial charge in [0.1, 0.15) is 42.9 Å². The van der Waals surface area contributed by atoms with Crippen LogP contribution in [0, 0.1) is 35.5 Å². The highest BCUT2D eigenvalue weighted by Crippen LogP contribution is 2.53. The van der Waals surface area contributed by atoms with Crippen LogP contribution in [0.2, 0.25) is 0 Å². The third-order valence-electron chi connectivity index (χ3n) is 20.9. The number of alkyl carbamates (subject to hydrolysis) is 2. The summed E-state index contributed by atoms with van der Waals surface area (Å²) >= 11 is 0. The zero-order chi connectivity index (χ0) is 83.8. The summed E-state index contributed by atoms with van der Waals surface area (Å²) in [7, 11) is 1.15. The molecule has 3 heterocycles. The summed E-state index contributed by atoms with van der Waals surface area (Å²) in [5, 5.41) is 60.8. The highest BCUT2D eigenvalue weighted by molar-refractivity contribution is 5.98. The number of carbonyl (C=O) groups is 12. The molecular weight excluding hydrogens is 1490 g/mol. The quantitative estimate of drug-likeness (QED) is 0.00925. The van der Waals surface area contributed by atoms with Gasteiger partial charge in [-0.25, -0.2) is 28.7 Å². The Balaban J connectivity index is 0.854. The van der Waals surface area contributed by atoms with E-state index in [4.69, 9.17) is 35.2 Å². The smallest absolute Gasteiger partial charge is 0.408 e. The third-order valence-corrected chi connectivity index (χ3v) is 20.9. The van der Waals surface area contributed by atoms with Crippen LogP contribution in [0.1, 0.15) is 166 Å². The van der Waals surface area contributed by atoms with Crippen molar-refractivity contribution in [3.63, 3.8) is 0 Å². The monoisotopic (exact) mass is 1600 g/mol. The molecule has 4 aliphatic rings. The normalized spacial score (nSPS) is 21.3. The van der Waals surface area contributed by atoms with E-state index in [0.717, 1.165) is 48.9 Å². The minimum Gasteiger partial charge on any atom is -0.480 e. The van der Waals surface area contributed by atoms with Gasteiger partial charge in [0.05, 0.1) is 55.1 Å². The van der Waals surface area contributed by atoms with Gasteiger partial charge in [-0.2, -0.15) is 0 Å². The van der Waals surface area contributed by atoms with Crippen molar-refractivity contribution in [2.75, 3.05) is 32.1 Å². The first kappa shape index (κ1) is 91.1. The fraction of sp³-hybridized carbons (Fsp3) is 0.537. The lowest BCUT2D eigenvalue weighted by molar-refractivity contribution is -0.146. The SMILES string of the molecule is C/C=C/[C@@H]1O[C@H]([C@H](/C=C/C=C(\C)C[C@@H](C)/C=C\C=C(/C)[C@H]2CC=CC(=O)O2)NC(=O)OCc2ccc(NC(=O)[C@H](CCCNC(N)=O)NC(=O)[C@@H](NC(=O)OC[C@@H]3[C@@H]4CCc5nnn(-c6ccc(C(=O)NCCCC[C@H](NC(=O)CC[C@H](N[C@@H](CCC(N)=O)C(=O)O)C(=O)O)C(=O)OC)cc6)c5CC[C@@H]43)C(C)C)cc2)C[C@@H](O)[C@@H]1C. The van der Waals surface area contributed by atoms with Gasteiger partial charge in [-0.1, -0.05) is 105 Å². The molecule has 15 atom stereocenters. The van der Waals surface area contributed by atoms with Gasteiger partial charge in [0, 0.05) is 62.0 Å². The second-order valence-electron chi connectivity index (χ2n) is 30.1. The molecule has 15 N–H and O–H groups in total. The Hall–Kier alpha value is -11.1. The van der Waals surface area contributed by atoms with Gasteiger partial charge in [0.2, 0.25) is 23.6 Å². The van der Waals surface area contributed by atoms with Crippen molar-refractivity contribution in [1.29, 1.82) is 0 Å². The molecular formula is C82H113N13O20. The number of methoxy groups -OCH3 is 1. The van der Waals surface area contributed by atoms with Crippen molar-refractivity contribution in [3.05, 3.63) is 143 Å². The molecule has 7 rings (SSSR count). The average Bonchev–Trinajstić information content (AvgIpc) is 1.61. The molecule has 0 radical (unpaired) electrons. The summed E-state index contributed by atoms with van der Waals surface area (Å²) in [6.45, 7) is 13.6. The van der Waals surface area contributed by atoms with E-state index in [9.17, 15) is 72.9 Å². The number of ether oxygens (including phenoxy) is 5. The van der Waals surface area contributed by atoms with Gasteiger partial charge in [0.25, 0.3) is 5.91 Å². The van der Waals surface area contributed by atoms with Gasteiger partial charge >= 0.3 is 42.1 Å². The third kappa shape index (κ3) is 29.7. The highest BCUT2D eigenvalue weighted by atomic mass is 16.6. The molecule has 2 aliphatic heterocycles. The van der Waals surface area contributed by atoms with Crippen molar-refractivity contribution in [1.82, 2.24) is 52.2 Å². The standard InChI is InChI=1S/C82H113N13O20/c1-9-16-68-51(7)66(96)44-69(114-68)60(21-13-18-49(5)43-48(4)17-12-19-50(6)67-23-14-24-72(99)115-67)91-81(109)112-45-52-25-29-54(30-26-52)87-75(101)61(22-15-42-86-80(84)108)90-76(102)73(47(2)3)92-82(110)113-46-58-56-33-35-59-65(38-34-57(56)58)95(94-93-59)55-31-27-53(28-32-55)74(100)85-41-11-10-20-64(79(107)111-8)89-71(98)40-37-63(78(105)106)88-62(77(103)104)36-39-70(83)97/h9,12-14,16-19,21,24-32,47-48,51,56-58,60-64,66-69,73,88,96H,10-11,15,20,22-23,33-46H2,1-8H3,(H2,83,97)(H,85,100)(H,87,101)(H,89,98)(H,90,102)(H,91,109)(H,92,110)(H,103,104)(H,105,106)(H3,84,86,108)/b16-9+,17-12-,21-13+,49-18+,50-19+/t48-,51-,56+,57-,58+,60-,61-,62-,63-,64-,66+,67+,68-,69-,73-/m0/s1.